The molecule has 0 saturated carbocycles. The van der Waals surface area contributed by atoms with Crippen LogP contribution >= 0.6 is 0 Å². The van der Waals surface area contributed by atoms with Gasteiger partial charge >= 0.3 is 0 Å². The van der Waals surface area contributed by atoms with Gasteiger partial charge in [-0.25, -0.2) is 0 Å². The van der Waals surface area contributed by atoms with Gasteiger partial charge in [-0.1, -0.05) is 75.8 Å². The number of aliphatic hydroxyl groups excluding tert-OH is 1. The lowest BCUT2D eigenvalue weighted by atomic mass is 9.93. The highest BCUT2D eigenvalue weighted by molar-refractivity contribution is 5.23. The van der Waals surface area contributed by atoms with Gasteiger partial charge in [0, 0.05) is 0 Å². The van der Waals surface area contributed by atoms with Gasteiger partial charge in [0.2, 0.25) is 0 Å². The van der Waals surface area contributed by atoms with Crippen molar-refractivity contribution in [3.05, 3.63) is 35.9 Å². The second kappa shape index (κ2) is 9.95. The average molecular weight is 277 g/mol. The Kier molecular flexibility index (Phi) is 8.56. The summed E-state index contributed by atoms with van der Waals surface area (Å²) in [7, 11) is 0. The van der Waals surface area contributed by atoms with Crippen LogP contribution in [0.2, 0.25) is 0 Å². The lowest BCUT2D eigenvalue weighted by Gasteiger charge is -2.29. The number of hydrogen-bond acceptors (Lipinski definition) is 2. The van der Waals surface area contributed by atoms with E-state index in [0.717, 1.165) is 12.1 Å². The topological polar surface area (TPSA) is 32.3 Å². The second-order valence-electron chi connectivity index (χ2n) is 5.90. The molecule has 1 aromatic rings. The summed E-state index contributed by atoms with van der Waals surface area (Å²) < 4.78 is 0. The molecule has 2 heteroatoms. The molecule has 0 aliphatic rings. The SMILES string of the molecule is CCCCCCCCCNC(C)(CO)c1ccccc1. The molecule has 2 N–H and O–H groups in total. The van der Waals surface area contributed by atoms with Crippen molar-refractivity contribution in [1.82, 2.24) is 5.32 Å². The maximum Gasteiger partial charge on any atom is 0.0652 e. The van der Waals surface area contributed by atoms with E-state index in [9.17, 15) is 5.11 Å². The summed E-state index contributed by atoms with van der Waals surface area (Å²) in [6.45, 7) is 5.43. The van der Waals surface area contributed by atoms with Crippen molar-refractivity contribution in [2.45, 2.75) is 64.3 Å². The lowest BCUT2D eigenvalue weighted by Crippen LogP contribution is -2.43. The minimum atomic E-state index is -0.316. The highest BCUT2D eigenvalue weighted by Gasteiger charge is 2.24. The highest BCUT2D eigenvalue weighted by Crippen LogP contribution is 2.19. The number of benzene rings is 1. The summed E-state index contributed by atoms with van der Waals surface area (Å²) in [5, 5.41) is 13.2. The molecule has 1 aromatic carbocycles. The molecule has 0 bridgehead atoms. The van der Waals surface area contributed by atoms with Crippen molar-refractivity contribution < 1.29 is 5.11 Å². The summed E-state index contributed by atoms with van der Waals surface area (Å²) in [6.07, 6.45) is 9.23. The third-order valence-corrected chi connectivity index (χ3v) is 4.02. The summed E-state index contributed by atoms with van der Waals surface area (Å²) in [4.78, 5) is 0. The Morgan fingerprint density at radius 1 is 0.950 bits per heavy atom. The van der Waals surface area contributed by atoms with E-state index in [4.69, 9.17) is 0 Å². The van der Waals surface area contributed by atoms with E-state index >= 15 is 0 Å². The summed E-state index contributed by atoms with van der Waals surface area (Å²) in [6, 6.07) is 10.2. The summed E-state index contributed by atoms with van der Waals surface area (Å²) in [5.41, 5.74) is 0.842. The Morgan fingerprint density at radius 3 is 2.15 bits per heavy atom. The van der Waals surface area contributed by atoms with E-state index in [1.807, 2.05) is 18.2 Å². The molecule has 0 spiro atoms. The van der Waals surface area contributed by atoms with Gasteiger partial charge in [0.05, 0.1) is 12.1 Å². The van der Waals surface area contributed by atoms with Crippen LogP contribution in [0.1, 0.15) is 64.4 Å². The van der Waals surface area contributed by atoms with Crippen molar-refractivity contribution in [3.8, 4) is 0 Å². The molecule has 0 radical (unpaired) electrons. The monoisotopic (exact) mass is 277 g/mol. The van der Waals surface area contributed by atoms with E-state index in [0.29, 0.717) is 0 Å². The summed E-state index contributed by atoms with van der Waals surface area (Å²) >= 11 is 0. The number of nitrogens with one attached hydrogen (secondary N) is 1. The van der Waals surface area contributed by atoms with E-state index in [-0.39, 0.29) is 12.1 Å². The lowest BCUT2D eigenvalue weighted by molar-refractivity contribution is 0.174. The van der Waals surface area contributed by atoms with Crippen molar-refractivity contribution >= 4 is 0 Å². The van der Waals surface area contributed by atoms with Gasteiger partial charge < -0.3 is 10.4 Å². The molecule has 0 heterocycles. The quantitative estimate of drug-likeness (QED) is 0.593. The van der Waals surface area contributed by atoms with Gasteiger partial charge in [0.15, 0.2) is 0 Å². The first-order chi connectivity index (χ1) is 9.73. The molecule has 0 fully saturated rings. The van der Waals surface area contributed by atoms with Crippen LogP contribution in [0.25, 0.3) is 0 Å². The largest absolute Gasteiger partial charge is 0.394 e. The first kappa shape index (κ1) is 17.2. The molecular formula is C18H31NO. The zero-order valence-electron chi connectivity index (χ0n) is 13.2. The first-order valence-corrected chi connectivity index (χ1v) is 8.14. The molecular weight excluding hydrogens is 246 g/mol. The summed E-state index contributed by atoms with van der Waals surface area (Å²) in [5.74, 6) is 0. The predicted molar refractivity (Wildman–Crippen MR) is 86.9 cm³/mol. The zero-order chi connectivity index (χ0) is 14.7. The molecule has 0 aliphatic heterocycles. The van der Waals surface area contributed by atoms with Gasteiger partial charge in [0.1, 0.15) is 0 Å². The number of rotatable bonds is 11. The minimum absolute atomic E-state index is 0.132. The fourth-order valence-electron chi connectivity index (χ4n) is 2.50. The van der Waals surface area contributed by atoms with E-state index < -0.39 is 0 Å². The smallest absolute Gasteiger partial charge is 0.0652 e. The van der Waals surface area contributed by atoms with E-state index in [1.165, 1.54) is 44.9 Å². The van der Waals surface area contributed by atoms with Crippen LogP contribution in [0.5, 0.6) is 0 Å². The number of hydrogen-bond donors (Lipinski definition) is 2. The molecule has 0 saturated heterocycles. The standard InChI is InChI=1S/C18H31NO/c1-3-4-5-6-7-8-12-15-19-18(2,16-20)17-13-10-9-11-14-17/h9-11,13-14,19-20H,3-8,12,15-16H2,1-2H3. The van der Waals surface area contributed by atoms with Crippen LogP contribution < -0.4 is 5.32 Å². The first-order valence-electron chi connectivity index (χ1n) is 8.14. The third kappa shape index (κ3) is 6.06. The van der Waals surface area contributed by atoms with Crippen LogP contribution in [-0.2, 0) is 5.54 Å². The zero-order valence-corrected chi connectivity index (χ0v) is 13.2. The Morgan fingerprint density at radius 2 is 1.55 bits per heavy atom. The Labute approximate surface area is 124 Å². The van der Waals surface area contributed by atoms with Crippen LogP contribution in [0.3, 0.4) is 0 Å². The molecule has 20 heavy (non-hydrogen) atoms. The van der Waals surface area contributed by atoms with Gasteiger partial charge in [0.25, 0.3) is 0 Å². The maximum atomic E-state index is 9.68. The Bertz CT molecular complexity index is 339. The van der Waals surface area contributed by atoms with Crippen LogP contribution in [-0.4, -0.2) is 18.3 Å². The fraction of sp³-hybridized carbons (Fsp3) is 0.667. The second-order valence-corrected chi connectivity index (χ2v) is 5.90. The normalized spacial score (nSPS) is 14.2. The van der Waals surface area contributed by atoms with Crippen molar-refractivity contribution in [2.75, 3.05) is 13.2 Å². The van der Waals surface area contributed by atoms with Crippen molar-refractivity contribution in [3.63, 3.8) is 0 Å². The molecule has 1 atom stereocenters. The van der Waals surface area contributed by atoms with Crippen LogP contribution in [0, 0.1) is 0 Å². The number of unbranched alkanes of at least 4 members (excludes halogenated alkanes) is 6. The van der Waals surface area contributed by atoms with Crippen LogP contribution in [0.15, 0.2) is 30.3 Å². The molecule has 114 valence electrons. The predicted octanol–water partition coefficient (Wildman–Crippen LogP) is 4.23. The average Bonchev–Trinajstić information content (AvgIpc) is 2.50. The molecule has 0 amide bonds. The molecule has 1 rings (SSSR count). The third-order valence-electron chi connectivity index (χ3n) is 4.02. The van der Waals surface area contributed by atoms with Crippen LogP contribution in [0.4, 0.5) is 0 Å². The van der Waals surface area contributed by atoms with E-state index in [1.54, 1.807) is 0 Å². The highest BCUT2D eigenvalue weighted by atomic mass is 16.3. The minimum Gasteiger partial charge on any atom is -0.394 e. The van der Waals surface area contributed by atoms with Crippen molar-refractivity contribution in [2.24, 2.45) is 0 Å². The van der Waals surface area contributed by atoms with Gasteiger partial charge in [-0.05, 0) is 25.5 Å². The van der Waals surface area contributed by atoms with Gasteiger partial charge in [-0.2, -0.15) is 0 Å². The van der Waals surface area contributed by atoms with E-state index in [2.05, 4.69) is 31.3 Å². The Hall–Kier alpha value is -0.860. The molecule has 0 aliphatic carbocycles. The maximum absolute atomic E-state index is 9.68. The Balaban J connectivity index is 2.22. The molecule has 0 aromatic heterocycles. The van der Waals surface area contributed by atoms with Crippen molar-refractivity contribution in [1.29, 1.82) is 0 Å². The van der Waals surface area contributed by atoms with Gasteiger partial charge in [-0.3, -0.25) is 0 Å². The molecule has 1 unspecified atom stereocenters. The number of aliphatic hydroxyl groups is 1. The van der Waals surface area contributed by atoms with Gasteiger partial charge in [-0.15, -0.1) is 0 Å². The fourth-order valence-corrected chi connectivity index (χ4v) is 2.50. The molecule has 2 nitrogen and oxygen atoms in total.